The zero-order valence-corrected chi connectivity index (χ0v) is 13.4. The highest BCUT2D eigenvalue weighted by atomic mass is 15.1. The molecule has 5 heteroatoms. The minimum absolute atomic E-state index is 0.380. The third-order valence-corrected chi connectivity index (χ3v) is 3.26. The van der Waals surface area contributed by atoms with Crippen LogP contribution in [-0.4, -0.2) is 26.5 Å². The monoisotopic (exact) mass is 285 g/mol. The zero-order valence-electron chi connectivity index (χ0n) is 13.4. The molecule has 2 heterocycles. The van der Waals surface area contributed by atoms with Crippen LogP contribution in [0.2, 0.25) is 0 Å². The quantitative estimate of drug-likeness (QED) is 0.911. The third kappa shape index (κ3) is 3.54. The van der Waals surface area contributed by atoms with Crippen molar-refractivity contribution in [1.82, 2.24) is 19.9 Å². The number of rotatable bonds is 5. The van der Waals surface area contributed by atoms with Crippen molar-refractivity contribution < 1.29 is 0 Å². The van der Waals surface area contributed by atoms with Crippen molar-refractivity contribution in [1.29, 1.82) is 0 Å². The lowest BCUT2D eigenvalue weighted by Gasteiger charge is -2.17. The molecule has 0 spiro atoms. The Bertz CT molecular complexity index is 622. The Morgan fingerprint density at radius 3 is 2.52 bits per heavy atom. The molecular weight excluding hydrogens is 262 g/mol. The standard InChI is InChI=1S/C16H23N5/c1-6-8-18-16-14(10(2)3)11(4)19-15(21-16)13-7-9-17-12(5)20-13/h7,9-10H,6,8H2,1-5H3,(H,18,19,21). The molecule has 0 amide bonds. The molecule has 0 unspecified atom stereocenters. The first-order valence-corrected chi connectivity index (χ1v) is 7.45. The lowest BCUT2D eigenvalue weighted by atomic mass is 10.0. The van der Waals surface area contributed by atoms with Crippen LogP contribution in [0.4, 0.5) is 5.82 Å². The SMILES string of the molecule is CCCNc1nc(-c2ccnc(C)n2)nc(C)c1C(C)C. The van der Waals surface area contributed by atoms with Gasteiger partial charge in [0.15, 0.2) is 5.82 Å². The van der Waals surface area contributed by atoms with Crippen LogP contribution < -0.4 is 5.32 Å². The summed E-state index contributed by atoms with van der Waals surface area (Å²) in [4.78, 5) is 17.9. The van der Waals surface area contributed by atoms with Crippen molar-refractivity contribution in [3.05, 3.63) is 29.3 Å². The van der Waals surface area contributed by atoms with Crippen molar-refractivity contribution in [2.75, 3.05) is 11.9 Å². The second-order valence-corrected chi connectivity index (χ2v) is 5.47. The van der Waals surface area contributed by atoms with Crippen LogP contribution in [0.5, 0.6) is 0 Å². The van der Waals surface area contributed by atoms with E-state index in [1.54, 1.807) is 6.20 Å². The first kappa shape index (κ1) is 15.4. The highest BCUT2D eigenvalue weighted by Crippen LogP contribution is 2.27. The highest BCUT2D eigenvalue weighted by Gasteiger charge is 2.16. The predicted octanol–water partition coefficient (Wildman–Crippen LogP) is 3.50. The van der Waals surface area contributed by atoms with Gasteiger partial charge >= 0.3 is 0 Å². The summed E-state index contributed by atoms with van der Waals surface area (Å²) in [6.45, 7) is 11.3. The number of aryl methyl sites for hydroxylation is 2. The van der Waals surface area contributed by atoms with Crippen molar-refractivity contribution >= 4 is 5.82 Å². The van der Waals surface area contributed by atoms with Gasteiger partial charge in [0.25, 0.3) is 0 Å². The largest absolute Gasteiger partial charge is 0.370 e. The molecule has 0 radical (unpaired) electrons. The predicted molar refractivity (Wildman–Crippen MR) is 85.4 cm³/mol. The number of nitrogens with one attached hydrogen (secondary N) is 1. The van der Waals surface area contributed by atoms with E-state index in [0.717, 1.165) is 36.0 Å². The average Bonchev–Trinajstić information content (AvgIpc) is 2.44. The summed E-state index contributed by atoms with van der Waals surface area (Å²) < 4.78 is 0. The first-order valence-electron chi connectivity index (χ1n) is 7.45. The van der Waals surface area contributed by atoms with E-state index in [9.17, 15) is 0 Å². The average molecular weight is 285 g/mol. The van der Waals surface area contributed by atoms with Gasteiger partial charge in [-0.3, -0.25) is 0 Å². The Labute approximate surface area is 126 Å². The van der Waals surface area contributed by atoms with E-state index >= 15 is 0 Å². The normalized spacial score (nSPS) is 11.0. The van der Waals surface area contributed by atoms with Crippen LogP contribution in [0.15, 0.2) is 12.3 Å². The molecule has 112 valence electrons. The van der Waals surface area contributed by atoms with E-state index in [4.69, 9.17) is 4.98 Å². The van der Waals surface area contributed by atoms with Crippen LogP contribution in [-0.2, 0) is 0 Å². The van der Waals surface area contributed by atoms with Crippen molar-refractivity contribution in [2.45, 2.75) is 47.0 Å². The lowest BCUT2D eigenvalue weighted by molar-refractivity contribution is 0.825. The van der Waals surface area contributed by atoms with Crippen LogP contribution >= 0.6 is 0 Å². The minimum atomic E-state index is 0.380. The molecule has 0 aromatic carbocycles. The Balaban J connectivity index is 2.51. The summed E-state index contributed by atoms with van der Waals surface area (Å²) in [5.74, 6) is 2.68. The molecular formula is C16H23N5. The van der Waals surface area contributed by atoms with Crippen LogP contribution in [0, 0.1) is 13.8 Å². The first-order chi connectivity index (χ1) is 10.0. The molecule has 0 atom stereocenters. The van der Waals surface area contributed by atoms with E-state index in [2.05, 4.69) is 41.0 Å². The third-order valence-electron chi connectivity index (χ3n) is 3.26. The summed E-state index contributed by atoms with van der Waals surface area (Å²) >= 11 is 0. The van der Waals surface area contributed by atoms with E-state index in [1.807, 2.05) is 19.9 Å². The van der Waals surface area contributed by atoms with Crippen LogP contribution in [0.25, 0.3) is 11.5 Å². The van der Waals surface area contributed by atoms with Gasteiger partial charge in [-0.05, 0) is 32.3 Å². The molecule has 2 aromatic rings. The van der Waals surface area contributed by atoms with Gasteiger partial charge in [0, 0.05) is 24.0 Å². The Kier molecular flexibility index (Phi) is 4.83. The van der Waals surface area contributed by atoms with E-state index in [1.165, 1.54) is 5.56 Å². The smallest absolute Gasteiger partial charge is 0.180 e. The molecule has 0 aliphatic carbocycles. The Morgan fingerprint density at radius 1 is 1.14 bits per heavy atom. The maximum absolute atomic E-state index is 4.69. The lowest BCUT2D eigenvalue weighted by Crippen LogP contribution is -2.11. The molecule has 1 N–H and O–H groups in total. The minimum Gasteiger partial charge on any atom is -0.370 e. The summed E-state index contributed by atoms with van der Waals surface area (Å²) in [6.07, 6.45) is 2.80. The van der Waals surface area contributed by atoms with Gasteiger partial charge in [0.05, 0.1) is 0 Å². The Hall–Kier alpha value is -2.04. The van der Waals surface area contributed by atoms with Crippen LogP contribution in [0.3, 0.4) is 0 Å². The van der Waals surface area contributed by atoms with Crippen LogP contribution in [0.1, 0.15) is 50.2 Å². The number of anilines is 1. The van der Waals surface area contributed by atoms with Gasteiger partial charge < -0.3 is 5.32 Å². The molecule has 0 bridgehead atoms. The van der Waals surface area contributed by atoms with E-state index in [-0.39, 0.29) is 0 Å². The number of nitrogens with zero attached hydrogens (tertiary/aromatic N) is 4. The van der Waals surface area contributed by atoms with Gasteiger partial charge in [-0.15, -0.1) is 0 Å². The molecule has 0 aliphatic rings. The summed E-state index contributed by atoms with van der Waals surface area (Å²) in [5.41, 5.74) is 2.95. The van der Waals surface area contributed by atoms with Gasteiger partial charge in [-0.2, -0.15) is 0 Å². The summed E-state index contributed by atoms with van der Waals surface area (Å²) in [7, 11) is 0. The number of hydrogen-bond donors (Lipinski definition) is 1. The highest BCUT2D eigenvalue weighted by molar-refractivity contribution is 5.57. The van der Waals surface area contributed by atoms with E-state index < -0.39 is 0 Å². The summed E-state index contributed by atoms with van der Waals surface area (Å²) in [5, 5.41) is 3.42. The van der Waals surface area contributed by atoms with Crippen molar-refractivity contribution in [3.63, 3.8) is 0 Å². The molecule has 0 fully saturated rings. The van der Waals surface area contributed by atoms with Gasteiger partial charge in [0.2, 0.25) is 0 Å². The number of aromatic nitrogens is 4. The maximum atomic E-state index is 4.69. The molecule has 5 nitrogen and oxygen atoms in total. The zero-order chi connectivity index (χ0) is 15.4. The van der Waals surface area contributed by atoms with Crippen molar-refractivity contribution in [2.24, 2.45) is 0 Å². The fourth-order valence-corrected chi connectivity index (χ4v) is 2.35. The summed E-state index contributed by atoms with van der Waals surface area (Å²) in [6, 6.07) is 1.85. The second-order valence-electron chi connectivity index (χ2n) is 5.47. The number of hydrogen-bond acceptors (Lipinski definition) is 5. The fourth-order valence-electron chi connectivity index (χ4n) is 2.35. The molecule has 21 heavy (non-hydrogen) atoms. The molecule has 0 aliphatic heterocycles. The second kappa shape index (κ2) is 6.61. The van der Waals surface area contributed by atoms with Gasteiger partial charge in [-0.25, -0.2) is 19.9 Å². The van der Waals surface area contributed by atoms with Crippen molar-refractivity contribution in [3.8, 4) is 11.5 Å². The molecule has 2 aromatic heterocycles. The molecule has 2 rings (SSSR count). The molecule has 0 saturated carbocycles. The van der Waals surface area contributed by atoms with E-state index in [0.29, 0.717) is 11.7 Å². The topological polar surface area (TPSA) is 63.6 Å². The van der Waals surface area contributed by atoms with Gasteiger partial charge in [0.1, 0.15) is 17.3 Å². The fraction of sp³-hybridized carbons (Fsp3) is 0.500. The Morgan fingerprint density at radius 2 is 1.90 bits per heavy atom. The molecule has 0 saturated heterocycles. The maximum Gasteiger partial charge on any atom is 0.180 e. The van der Waals surface area contributed by atoms with Gasteiger partial charge in [-0.1, -0.05) is 20.8 Å².